The molecule has 0 aromatic carbocycles. The maximum atomic E-state index is 5.80. The van der Waals surface area contributed by atoms with Gasteiger partial charge in [0.05, 0.1) is 5.69 Å². The first kappa shape index (κ1) is 8.69. The Morgan fingerprint density at radius 3 is 3.08 bits per heavy atom. The van der Waals surface area contributed by atoms with Crippen LogP contribution in [0.1, 0.15) is 24.6 Å². The average Bonchev–Trinajstić information content (AvgIpc) is 2.15. The second-order valence-electron chi connectivity index (χ2n) is 2.48. The zero-order chi connectivity index (χ0) is 8.81. The van der Waals surface area contributed by atoms with Crippen molar-refractivity contribution in [2.75, 3.05) is 0 Å². The monoisotopic (exact) mass is 161 g/mol. The minimum absolute atomic E-state index is 0.0657. The molecule has 1 aromatic heterocycles. The molecule has 1 atom stereocenters. The van der Waals surface area contributed by atoms with Crippen molar-refractivity contribution in [3.8, 4) is 12.3 Å². The molecule has 0 fully saturated rings. The fourth-order valence-corrected chi connectivity index (χ4v) is 0.907. The number of nitrogens with two attached hydrogens (primary N) is 1. The highest BCUT2D eigenvalue weighted by Crippen LogP contribution is 2.10. The van der Waals surface area contributed by atoms with Gasteiger partial charge < -0.3 is 5.73 Å². The Hall–Kier alpha value is -1.40. The van der Waals surface area contributed by atoms with Crippen molar-refractivity contribution in [3.05, 3.63) is 24.3 Å². The second-order valence-corrected chi connectivity index (χ2v) is 2.48. The predicted octanol–water partition coefficient (Wildman–Crippen LogP) is 0.890. The van der Waals surface area contributed by atoms with Crippen LogP contribution in [0.15, 0.2) is 18.6 Å². The lowest BCUT2D eigenvalue weighted by Gasteiger charge is -2.07. The second kappa shape index (κ2) is 4.47. The summed E-state index contributed by atoms with van der Waals surface area (Å²) >= 11 is 0. The van der Waals surface area contributed by atoms with E-state index in [1.807, 2.05) is 0 Å². The van der Waals surface area contributed by atoms with Crippen LogP contribution in [-0.4, -0.2) is 9.97 Å². The van der Waals surface area contributed by atoms with Crippen LogP contribution in [-0.2, 0) is 0 Å². The van der Waals surface area contributed by atoms with Gasteiger partial charge in [-0.3, -0.25) is 0 Å². The molecule has 0 bridgehead atoms. The van der Waals surface area contributed by atoms with E-state index in [1.54, 1.807) is 12.3 Å². The van der Waals surface area contributed by atoms with Crippen LogP contribution in [0.3, 0.4) is 0 Å². The summed E-state index contributed by atoms with van der Waals surface area (Å²) in [6, 6.07) is 1.74. The van der Waals surface area contributed by atoms with Gasteiger partial charge in [0.2, 0.25) is 0 Å². The van der Waals surface area contributed by atoms with E-state index < -0.39 is 0 Å². The van der Waals surface area contributed by atoms with Gasteiger partial charge in [-0.2, -0.15) is 0 Å². The zero-order valence-electron chi connectivity index (χ0n) is 6.77. The smallest absolute Gasteiger partial charge is 0.115 e. The van der Waals surface area contributed by atoms with Gasteiger partial charge in [0.25, 0.3) is 0 Å². The van der Waals surface area contributed by atoms with E-state index in [0.29, 0.717) is 6.42 Å². The molecule has 0 saturated heterocycles. The molecule has 0 aliphatic carbocycles. The van der Waals surface area contributed by atoms with Crippen molar-refractivity contribution in [2.24, 2.45) is 5.73 Å². The van der Waals surface area contributed by atoms with Crippen molar-refractivity contribution in [1.82, 2.24) is 9.97 Å². The van der Waals surface area contributed by atoms with Gasteiger partial charge in [0.15, 0.2) is 0 Å². The summed E-state index contributed by atoms with van der Waals surface area (Å²) in [5.41, 5.74) is 6.64. The summed E-state index contributed by atoms with van der Waals surface area (Å²) in [7, 11) is 0. The van der Waals surface area contributed by atoms with Crippen LogP contribution >= 0.6 is 0 Å². The molecule has 0 aliphatic rings. The third-order valence-corrected chi connectivity index (χ3v) is 1.58. The van der Waals surface area contributed by atoms with Gasteiger partial charge >= 0.3 is 0 Å². The van der Waals surface area contributed by atoms with Crippen molar-refractivity contribution in [1.29, 1.82) is 0 Å². The zero-order valence-corrected chi connectivity index (χ0v) is 6.77. The first-order chi connectivity index (χ1) is 5.84. The van der Waals surface area contributed by atoms with Gasteiger partial charge in [-0.25, -0.2) is 9.97 Å². The van der Waals surface area contributed by atoms with Crippen LogP contribution < -0.4 is 5.73 Å². The largest absolute Gasteiger partial charge is 0.323 e. The third kappa shape index (κ3) is 2.33. The van der Waals surface area contributed by atoms with Gasteiger partial charge in [0.1, 0.15) is 6.33 Å². The molecule has 1 rings (SSSR count). The lowest BCUT2D eigenvalue weighted by atomic mass is 10.1. The number of terminal acetylenes is 1. The molecular formula is C9H11N3. The standard InChI is InChI=1S/C9H11N3/c1-2-3-4-8(10)9-5-6-11-7-12-9/h1,5-8H,3-4,10H2. The molecule has 0 amide bonds. The van der Waals surface area contributed by atoms with Crippen molar-refractivity contribution >= 4 is 0 Å². The van der Waals surface area contributed by atoms with E-state index in [-0.39, 0.29) is 6.04 Å². The van der Waals surface area contributed by atoms with Gasteiger partial charge in [-0.15, -0.1) is 12.3 Å². The summed E-state index contributed by atoms with van der Waals surface area (Å²) in [5, 5.41) is 0. The van der Waals surface area contributed by atoms with Gasteiger partial charge in [0, 0.05) is 18.7 Å². The van der Waals surface area contributed by atoms with Crippen molar-refractivity contribution in [2.45, 2.75) is 18.9 Å². The highest BCUT2D eigenvalue weighted by atomic mass is 14.8. The van der Waals surface area contributed by atoms with E-state index in [0.717, 1.165) is 12.1 Å². The first-order valence-electron chi connectivity index (χ1n) is 3.79. The molecule has 1 aromatic rings. The number of hydrogen-bond donors (Lipinski definition) is 1. The summed E-state index contributed by atoms with van der Waals surface area (Å²) in [5.74, 6) is 2.54. The molecule has 0 spiro atoms. The molecule has 62 valence electrons. The Morgan fingerprint density at radius 1 is 1.67 bits per heavy atom. The van der Waals surface area contributed by atoms with Crippen LogP contribution in [0.2, 0.25) is 0 Å². The first-order valence-corrected chi connectivity index (χ1v) is 3.79. The topological polar surface area (TPSA) is 51.8 Å². The molecule has 1 heterocycles. The Labute approximate surface area is 72.0 Å². The van der Waals surface area contributed by atoms with E-state index in [2.05, 4.69) is 15.9 Å². The minimum atomic E-state index is -0.0657. The fourth-order valence-electron chi connectivity index (χ4n) is 0.907. The SMILES string of the molecule is C#CCCC(N)c1ccncn1. The molecule has 12 heavy (non-hydrogen) atoms. The minimum Gasteiger partial charge on any atom is -0.323 e. The molecule has 1 unspecified atom stereocenters. The molecule has 0 radical (unpaired) electrons. The lowest BCUT2D eigenvalue weighted by molar-refractivity contribution is 0.645. The van der Waals surface area contributed by atoms with Crippen molar-refractivity contribution in [3.63, 3.8) is 0 Å². The molecule has 3 heteroatoms. The Bertz CT molecular complexity index is 263. The maximum Gasteiger partial charge on any atom is 0.115 e. The molecular weight excluding hydrogens is 150 g/mol. The maximum absolute atomic E-state index is 5.80. The number of aromatic nitrogens is 2. The quantitative estimate of drug-likeness (QED) is 0.670. The molecule has 0 aliphatic heterocycles. The number of hydrogen-bond acceptors (Lipinski definition) is 3. The Morgan fingerprint density at radius 2 is 2.50 bits per heavy atom. The summed E-state index contributed by atoms with van der Waals surface area (Å²) in [6.07, 6.45) is 9.74. The number of rotatable bonds is 3. The Balaban J connectivity index is 2.55. The summed E-state index contributed by atoms with van der Waals surface area (Å²) in [6.45, 7) is 0. The predicted molar refractivity (Wildman–Crippen MR) is 47.0 cm³/mol. The van der Waals surface area contributed by atoms with E-state index in [4.69, 9.17) is 12.2 Å². The van der Waals surface area contributed by atoms with E-state index in [9.17, 15) is 0 Å². The van der Waals surface area contributed by atoms with Crippen LogP contribution in [0, 0.1) is 12.3 Å². The van der Waals surface area contributed by atoms with Gasteiger partial charge in [-0.05, 0) is 12.5 Å². The van der Waals surface area contributed by atoms with E-state index in [1.165, 1.54) is 6.33 Å². The Kier molecular flexibility index (Phi) is 3.24. The normalized spacial score (nSPS) is 12.0. The van der Waals surface area contributed by atoms with Crippen LogP contribution in [0.25, 0.3) is 0 Å². The summed E-state index contributed by atoms with van der Waals surface area (Å²) in [4.78, 5) is 7.83. The fraction of sp³-hybridized carbons (Fsp3) is 0.333. The average molecular weight is 161 g/mol. The van der Waals surface area contributed by atoms with Crippen molar-refractivity contribution < 1.29 is 0 Å². The highest BCUT2D eigenvalue weighted by molar-refractivity contribution is 5.04. The number of nitrogens with zero attached hydrogens (tertiary/aromatic N) is 2. The highest BCUT2D eigenvalue weighted by Gasteiger charge is 2.04. The lowest BCUT2D eigenvalue weighted by Crippen LogP contribution is -2.11. The van der Waals surface area contributed by atoms with Crippen LogP contribution in [0.5, 0.6) is 0 Å². The van der Waals surface area contributed by atoms with Crippen LogP contribution in [0.4, 0.5) is 0 Å². The molecule has 0 saturated carbocycles. The third-order valence-electron chi connectivity index (χ3n) is 1.58. The molecule has 2 N–H and O–H groups in total. The van der Waals surface area contributed by atoms with Gasteiger partial charge in [-0.1, -0.05) is 0 Å². The summed E-state index contributed by atoms with van der Waals surface area (Å²) < 4.78 is 0. The van der Waals surface area contributed by atoms with E-state index >= 15 is 0 Å². The molecule has 3 nitrogen and oxygen atoms in total.